The topological polar surface area (TPSA) is 62.2 Å². The molecule has 0 radical (unpaired) electrons. The van der Waals surface area contributed by atoms with Crippen LogP contribution in [0.5, 0.6) is 5.88 Å². The highest BCUT2D eigenvalue weighted by molar-refractivity contribution is 7.15. The molecule has 4 rings (SSSR count). The average molecular weight is 444 g/mol. The molecule has 0 aliphatic carbocycles. The van der Waals surface area contributed by atoms with Crippen molar-refractivity contribution in [1.82, 2.24) is 9.55 Å². The molecule has 0 fully saturated rings. The lowest BCUT2D eigenvalue weighted by atomic mass is 10.0. The number of rotatable bonds is 2. The van der Waals surface area contributed by atoms with Crippen LogP contribution in [-0.2, 0) is 13.2 Å². The van der Waals surface area contributed by atoms with Gasteiger partial charge in [0.2, 0.25) is 0 Å². The molecule has 0 amide bonds. The molecular formula is C18H15ClF3N4O2S+. The highest BCUT2D eigenvalue weighted by Crippen LogP contribution is 2.37. The number of alkyl halides is 3. The van der Waals surface area contributed by atoms with Crippen LogP contribution in [0.2, 0.25) is 4.47 Å². The first-order valence-corrected chi connectivity index (χ1v) is 9.66. The Morgan fingerprint density at radius 2 is 2.10 bits per heavy atom. The lowest BCUT2D eigenvalue weighted by Crippen LogP contribution is -2.41. The Bertz CT molecular complexity index is 1170. The molecule has 11 heteroatoms. The normalized spacial score (nSPS) is 16.3. The van der Waals surface area contributed by atoms with Gasteiger partial charge in [-0.1, -0.05) is 23.7 Å². The van der Waals surface area contributed by atoms with Gasteiger partial charge in [-0.15, -0.1) is 11.3 Å². The Morgan fingerprint density at radius 1 is 1.38 bits per heavy atom. The zero-order valence-electron chi connectivity index (χ0n) is 15.2. The number of halogens is 4. The highest BCUT2D eigenvalue weighted by Gasteiger charge is 2.42. The number of benzene rings is 1. The first kappa shape index (κ1) is 19.7. The van der Waals surface area contributed by atoms with Gasteiger partial charge in [0.05, 0.1) is 24.5 Å². The second-order valence-electron chi connectivity index (χ2n) is 6.72. The first-order chi connectivity index (χ1) is 13.6. The zero-order chi connectivity index (χ0) is 21.1. The fraction of sp³-hybridized carbons (Fsp3) is 0.278. The molecule has 1 N–H and O–H groups in total. The molecular weight excluding hydrogens is 429 g/mol. The Kier molecular flexibility index (Phi) is 4.58. The third-order valence-corrected chi connectivity index (χ3v) is 6.11. The fourth-order valence-electron chi connectivity index (χ4n) is 3.61. The van der Waals surface area contributed by atoms with Gasteiger partial charge in [-0.05, 0) is 17.7 Å². The van der Waals surface area contributed by atoms with Crippen LogP contribution < -0.4 is 15.0 Å². The minimum Gasteiger partial charge on any atom is -0.483 e. The maximum absolute atomic E-state index is 13.4. The van der Waals surface area contributed by atoms with Gasteiger partial charge in [0.25, 0.3) is 5.88 Å². The van der Waals surface area contributed by atoms with Crippen molar-refractivity contribution in [3.63, 3.8) is 0 Å². The van der Waals surface area contributed by atoms with Crippen LogP contribution in [0.4, 0.5) is 19.1 Å². The number of nitrogens with zero attached hydrogens (tertiary/aromatic N) is 4. The summed E-state index contributed by atoms with van der Waals surface area (Å²) in [4.78, 5) is 19.9. The Morgan fingerprint density at radius 3 is 2.72 bits per heavy atom. The lowest BCUT2D eigenvalue weighted by molar-refractivity contribution is -0.668. The minimum atomic E-state index is -4.57. The number of thiazole rings is 1. The van der Waals surface area contributed by atoms with Gasteiger partial charge in [0.1, 0.15) is 12.1 Å². The van der Waals surface area contributed by atoms with Gasteiger partial charge in [-0.2, -0.15) is 17.7 Å². The van der Waals surface area contributed by atoms with E-state index in [9.17, 15) is 23.1 Å². The first-order valence-electron chi connectivity index (χ1n) is 8.47. The van der Waals surface area contributed by atoms with E-state index < -0.39 is 29.2 Å². The summed E-state index contributed by atoms with van der Waals surface area (Å²) in [7, 11) is 3.31. The second-order valence-corrected chi connectivity index (χ2v) is 8.37. The van der Waals surface area contributed by atoms with Gasteiger partial charge in [-0.3, -0.25) is 4.90 Å². The van der Waals surface area contributed by atoms with Gasteiger partial charge in [0.15, 0.2) is 10.5 Å². The minimum absolute atomic E-state index is 0.0103. The molecule has 1 aromatic carbocycles. The Balaban J connectivity index is 1.97. The molecule has 0 saturated heterocycles. The summed E-state index contributed by atoms with van der Waals surface area (Å²) in [5, 5.41) is 10.7. The molecule has 0 saturated carbocycles. The van der Waals surface area contributed by atoms with Crippen molar-refractivity contribution in [1.29, 1.82) is 0 Å². The fourth-order valence-corrected chi connectivity index (χ4v) is 4.65. The quantitative estimate of drug-likeness (QED) is 0.618. The molecule has 0 spiro atoms. The molecule has 3 heterocycles. The van der Waals surface area contributed by atoms with E-state index in [0.717, 1.165) is 17.0 Å². The molecule has 1 aliphatic rings. The predicted octanol–water partition coefficient (Wildman–Crippen LogP) is 3.21. The number of aromatic nitrogens is 3. The number of aromatic hydroxyl groups is 1. The third-order valence-electron chi connectivity index (χ3n) is 4.89. The number of hydrogen-bond donors (Lipinski definition) is 1. The van der Waals surface area contributed by atoms with Crippen molar-refractivity contribution in [2.75, 3.05) is 18.5 Å². The summed E-state index contributed by atoms with van der Waals surface area (Å²) in [6.45, 7) is 0.424. The number of hydrogen-bond acceptors (Lipinski definition) is 5. The van der Waals surface area contributed by atoms with Crippen molar-refractivity contribution in [3.05, 3.63) is 55.7 Å². The molecule has 0 bridgehead atoms. The predicted molar refractivity (Wildman–Crippen MR) is 103 cm³/mol. The molecule has 3 aromatic rings. The third kappa shape index (κ3) is 3.16. The van der Waals surface area contributed by atoms with E-state index in [1.54, 1.807) is 25.2 Å². The summed E-state index contributed by atoms with van der Waals surface area (Å²) in [6, 6.07) is 3.93. The number of anilines is 1. The van der Waals surface area contributed by atoms with E-state index in [0.29, 0.717) is 17.0 Å². The average Bonchev–Trinajstić information content (AvgIpc) is 3.23. The molecule has 29 heavy (non-hydrogen) atoms. The van der Waals surface area contributed by atoms with E-state index in [2.05, 4.69) is 4.98 Å². The molecule has 1 atom stereocenters. The largest absolute Gasteiger partial charge is 0.483 e. The molecule has 1 unspecified atom stereocenters. The van der Waals surface area contributed by atoms with E-state index in [-0.39, 0.29) is 11.1 Å². The smallest absolute Gasteiger partial charge is 0.416 e. The summed E-state index contributed by atoms with van der Waals surface area (Å²) in [5.41, 5.74) is -1.69. The second kappa shape index (κ2) is 6.74. The van der Waals surface area contributed by atoms with Crippen molar-refractivity contribution in [2.45, 2.75) is 12.2 Å². The van der Waals surface area contributed by atoms with Crippen molar-refractivity contribution in [3.8, 4) is 17.0 Å². The monoisotopic (exact) mass is 443 g/mol. The molecule has 6 nitrogen and oxygen atoms in total. The van der Waals surface area contributed by atoms with Crippen molar-refractivity contribution >= 4 is 28.9 Å². The Hall–Kier alpha value is -2.59. The lowest BCUT2D eigenvalue weighted by Gasteiger charge is -2.13. The summed E-state index contributed by atoms with van der Waals surface area (Å²) < 4.78 is 42.6. The standard InChI is InChI=1S/C18H14ClF3N4O2S/c1-24-8-11(12-7-23-16(19)29-12)26-15(28)13(14(27)25(2)17(24)26)9-4-3-5-10(6-9)18(20,21)22/h3-7,11H,8H2,1-2H3/p+1. The van der Waals surface area contributed by atoms with Gasteiger partial charge >= 0.3 is 17.7 Å². The number of likely N-dealkylation sites (N-methyl/N-ethyl adjacent to an activating group) is 1. The van der Waals surface area contributed by atoms with Crippen molar-refractivity contribution in [2.24, 2.45) is 7.05 Å². The highest BCUT2D eigenvalue weighted by atomic mass is 35.5. The Labute approximate surface area is 172 Å². The van der Waals surface area contributed by atoms with Crippen LogP contribution >= 0.6 is 22.9 Å². The van der Waals surface area contributed by atoms with Crippen LogP contribution in [0.3, 0.4) is 0 Å². The summed E-state index contributed by atoms with van der Waals surface area (Å²) >= 11 is 7.16. The number of fused-ring (bicyclic) bond motifs is 1. The zero-order valence-corrected chi connectivity index (χ0v) is 16.8. The molecule has 152 valence electrons. The van der Waals surface area contributed by atoms with Crippen LogP contribution in [0.25, 0.3) is 11.1 Å². The molecule has 2 aromatic heterocycles. The van der Waals surface area contributed by atoms with E-state index >= 15 is 0 Å². The van der Waals surface area contributed by atoms with E-state index in [1.165, 1.54) is 32.6 Å². The van der Waals surface area contributed by atoms with Gasteiger partial charge in [-0.25, -0.2) is 14.3 Å². The van der Waals surface area contributed by atoms with Gasteiger partial charge in [0, 0.05) is 6.20 Å². The van der Waals surface area contributed by atoms with E-state index in [4.69, 9.17) is 11.6 Å². The SMILES string of the molecule is CN1CC(c2cnc(Cl)s2)n2c1[n+](C)c(O)c(-c1cccc(C(F)(F)F)c1)c2=O. The maximum Gasteiger partial charge on any atom is 0.416 e. The van der Waals surface area contributed by atoms with Crippen LogP contribution in [0.15, 0.2) is 35.3 Å². The summed E-state index contributed by atoms with van der Waals surface area (Å²) in [6.07, 6.45) is -2.99. The van der Waals surface area contributed by atoms with Gasteiger partial charge < -0.3 is 5.11 Å². The maximum atomic E-state index is 13.4. The van der Waals surface area contributed by atoms with E-state index in [1.807, 2.05) is 0 Å². The van der Waals surface area contributed by atoms with Crippen LogP contribution in [0.1, 0.15) is 16.5 Å². The van der Waals surface area contributed by atoms with Crippen molar-refractivity contribution < 1.29 is 22.8 Å². The summed E-state index contributed by atoms with van der Waals surface area (Å²) in [5.74, 6) is 0.0214. The molecule has 1 aliphatic heterocycles. The van der Waals surface area contributed by atoms with Crippen LogP contribution in [0, 0.1) is 0 Å². The van der Waals surface area contributed by atoms with Crippen LogP contribution in [-0.4, -0.2) is 28.3 Å².